The maximum Gasteiger partial charge on any atom is 0.166 e. The lowest BCUT2D eigenvalue weighted by molar-refractivity contribution is 0.112. The third kappa shape index (κ3) is 1.32. The van der Waals surface area contributed by atoms with Gasteiger partial charge in [0.2, 0.25) is 0 Å². The monoisotopic (exact) mass is 213 g/mol. The maximum absolute atomic E-state index is 10.5. The highest BCUT2D eigenvalue weighted by molar-refractivity contribution is 6.45. The van der Waals surface area contributed by atoms with Crippen molar-refractivity contribution in [1.29, 1.82) is 0 Å². The van der Waals surface area contributed by atoms with Crippen LogP contribution in [0.25, 0.3) is 10.9 Å². The number of aromatic amines is 1. The molecular formula is C9H5Cl2NO. The molecule has 0 saturated heterocycles. The molecule has 0 unspecified atom stereocenters. The van der Waals surface area contributed by atoms with E-state index in [2.05, 4.69) is 4.98 Å². The highest BCUT2D eigenvalue weighted by Gasteiger charge is 2.06. The summed E-state index contributed by atoms with van der Waals surface area (Å²) in [4.78, 5) is 13.3. The first kappa shape index (κ1) is 8.60. The first-order valence-corrected chi connectivity index (χ1v) is 4.40. The van der Waals surface area contributed by atoms with Crippen molar-refractivity contribution in [2.75, 3.05) is 0 Å². The summed E-state index contributed by atoms with van der Waals surface area (Å²) in [6.45, 7) is 0. The van der Waals surface area contributed by atoms with Crippen molar-refractivity contribution in [3.05, 3.63) is 33.9 Å². The largest absolute Gasteiger partial charge is 0.351 e. The Morgan fingerprint density at radius 2 is 2.08 bits per heavy atom. The van der Waals surface area contributed by atoms with Crippen molar-refractivity contribution in [2.24, 2.45) is 0 Å². The molecule has 1 N–H and O–H groups in total. The van der Waals surface area contributed by atoms with Gasteiger partial charge in [0.1, 0.15) is 0 Å². The van der Waals surface area contributed by atoms with E-state index in [1.165, 1.54) is 0 Å². The van der Waals surface area contributed by atoms with Gasteiger partial charge in [-0.1, -0.05) is 29.3 Å². The van der Waals surface area contributed by atoms with E-state index in [1.54, 1.807) is 12.1 Å². The highest BCUT2D eigenvalue weighted by Crippen LogP contribution is 2.30. The van der Waals surface area contributed by atoms with Crippen molar-refractivity contribution in [3.8, 4) is 0 Å². The third-order valence-electron chi connectivity index (χ3n) is 1.83. The second-order valence-corrected chi connectivity index (χ2v) is 3.45. The molecule has 66 valence electrons. The van der Waals surface area contributed by atoms with Crippen LogP contribution in [-0.4, -0.2) is 11.3 Å². The Morgan fingerprint density at radius 1 is 1.31 bits per heavy atom. The number of aldehydes is 1. The lowest BCUT2D eigenvalue weighted by atomic mass is 10.2. The molecule has 0 amide bonds. The van der Waals surface area contributed by atoms with Crippen molar-refractivity contribution >= 4 is 40.4 Å². The Morgan fingerprint density at radius 3 is 2.77 bits per heavy atom. The van der Waals surface area contributed by atoms with E-state index in [1.807, 2.05) is 6.07 Å². The van der Waals surface area contributed by atoms with Crippen LogP contribution in [0.15, 0.2) is 18.2 Å². The topological polar surface area (TPSA) is 32.9 Å². The Kier molecular flexibility index (Phi) is 2.02. The number of benzene rings is 1. The summed E-state index contributed by atoms with van der Waals surface area (Å²) in [5.74, 6) is 0. The number of rotatable bonds is 1. The molecule has 4 heteroatoms. The molecule has 0 aliphatic carbocycles. The van der Waals surface area contributed by atoms with Crippen LogP contribution in [0.3, 0.4) is 0 Å². The quantitative estimate of drug-likeness (QED) is 0.725. The number of carbonyl (C=O) groups excluding carboxylic acids is 1. The summed E-state index contributed by atoms with van der Waals surface area (Å²) >= 11 is 11.7. The van der Waals surface area contributed by atoms with Crippen LogP contribution in [0.2, 0.25) is 10.0 Å². The van der Waals surface area contributed by atoms with E-state index in [-0.39, 0.29) is 0 Å². The highest BCUT2D eigenvalue weighted by atomic mass is 35.5. The lowest BCUT2D eigenvalue weighted by Crippen LogP contribution is -1.76. The van der Waals surface area contributed by atoms with Gasteiger partial charge in [0.25, 0.3) is 0 Å². The van der Waals surface area contributed by atoms with Crippen molar-refractivity contribution in [1.82, 2.24) is 4.98 Å². The van der Waals surface area contributed by atoms with Crippen LogP contribution in [0, 0.1) is 0 Å². The average Bonchev–Trinajstić information content (AvgIpc) is 2.55. The molecule has 2 rings (SSSR count). The lowest BCUT2D eigenvalue weighted by Gasteiger charge is -1.95. The van der Waals surface area contributed by atoms with Crippen molar-refractivity contribution in [3.63, 3.8) is 0 Å². The Hall–Kier alpha value is -0.990. The van der Waals surface area contributed by atoms with Crippen LogP contribution in [0.4, 0.5) is 0 Å². The van der Waals surface area contributed by atoms with Gasteiger partial charge in [-0.15, -0.1) is 0 Å². The zero-order valence-electron chi connectivity index (χ0n) is 6.47. The SMILES string of the molecule is O=Cc1cc2ccc(Cl)c(Cl)c2[nH]1. The van der Waals surface area contributed by atoms with E-state index in [9.17, 15) is 4.79 Å². The number of carbonyl (C=O) groups is 1. The number of H-pyrrole nitrogens is 1. The molecule has 0 atom stereocenters. The zero-order chi connectivity index (χ0) is 9.42. The molecule has 1 aromatic heterocycles. The molecule has 2 aromatic rings. The number of hydrogen-bond donors (Lipinski definition) is 1. The summed E-state index contributed by atoms with van der Waals surface area (Å²) < 4.78 is 0. The van der Waals surface area contributed by atoms with Crippen LogP contribution in [0.1, 0.15) is 10.5 Å². The Balaban J connectivity index is 2.83. The molecule has 0 saturated carbocycles. The van der Waals surface area contributed by atoms with Gasteiger partial charge in [-0.3, -0.25) is 4.79 Å². The normalized spacial score (nSPS) is 10.6. The minimum absolute atomic E-state index is 0.451. The molecule has 0 aliphatic heterocycles. The first-order valence-electron chi connectivity index (χ1n) is 3.64. The van der Waals surface area contributed by atoms with Gasteiger partial charge in [-0.05, 0) is 12.1 Å². The van der Waals surface area contributed by atoms with Gasteiger partial charge in [-0.2, -0.15) is 0 Å². The molecular weight excluding hydrogens is 209 g/mol. The number of aromatic nitrogens is 1. The predicted octanol–water partition coefficient (Wildman–Crippen LogP) is 3.29. The number of fused-ring (bicyclic) bond motifs is 1. The van der Waals surface area contributed by atoms with Gasteiger partial charge in [0.05, 0.1) is 21.3 Å². The molecule has 2 nitrogen and oxygen atoms in total. The number of halogens is 2. The minimum atomic E-state index is 0.451. The summed E-state index contributed by atoms with van der Waals surface area (Å²) in [5, 5.41) is 1.82. The average molecular weight is 214 g/mol. The van der Waals surface area contributed by atoms with Crippen molar-refractivity contribution < 1.29 is 4.79 Å². The molecule has 0 spiro atoms. The molecule has 1 aromatic carbocycles. The molecule has 0 fully saturated rings. The fraction of sp³-hybridized carbons (Fsp3) is 0. The molecule has 1 heterocycles. The third-order valence-corrected chi connectivity index (χ3v) is 2.64. The fourth-order valence-electron chi connectivity index (χ4n) is 1.22. The molecule has 13 heavy (non-hydrogen) atoms. The standard InChI is InChI=1S/C9H5Cl2NO/c10-7-2-1-5-3-6(4-13)12-9(5)8(7)11/h1-4,12H. The summed E-state index contributed by atoms with van der Waals surface area (Å²) in [5.41, 5.74) is 1.20. The van der Waals surface area contributed by atoms with Gasteiger partial charge >= 0.3 is 0 Å². The second-order valence-electron chi connectivity index (χ2n) is 2.67. The molecule has 0 radical (unpaired) electrons. The zero-order valence-corrected chi connectivity index (χ0v) is 7.99. The van der Waals surface area contributed by atoms with E-state index in [4.69, 9.17) is 23.2 Å². The smallest absolute Gasteiger partial charge is 0.166 e. The van der Waals surface area contributed by atoms with Crippen LogP contribution in [-0.2, 0) is 0 Å². The summed E-state index contributed by atoms with van der Waals surface area (Å²) in [7, 11) is 0. The van der Waals surface area contributed by atoms with Gasteiger partial charge < -0.3 is 4.98 Å². The summed E-state index contributed by atoms with van der Waals surface area (Å²) in [6.07, 6.45) is 0.740. The minimum Gasteiger partial charge on any atom is -0.351 e. The first-order chi connectivity index (χ1) is 6.22. The second kappa shape index (κ2) is 3.05. The fourth-order valence-corrected chi connectivity index (χ4v) is 1.60. The van der Waals surface area contributed by atoms with E-state index < -0.39 is 0 Å². The van der Waals surface area contributed by atoms with Gasteiger partial charge in [-0.25, -0.2) is 0 Å². The predicted molar refractivity (Wildman–Crippen MR) is 53.7 cm³/mol. The van der Waals surface area contributed by atoms with E-state index in [0.29, 0.717) is 21.3 Å². The van der Waals surface area contributed by atoms with Crippen LogP contribution < -0.4 is 0 Å². The van der Waals surface area contributed by atoms with Gasteiger partial charge in [0.15, 0.2) is 6.29 Å². The number of nitrogens with one attached hydrogen (secondary N) is 1. The van der Waals surface area contributed by atoms with Crippen molar-refractivity contribution in [2.45, 2.75) is 0 Å². The molecule has 0 bridgehead atoms. The Bertz CT molecular complexity index is 476. The van der Waals surface area contributed by atoms with Crippen LogP contribution >= 0.6 is 23.2 Å². The number of hydrogen-bond acceptors (Lipinski definition) is 1. The van der Waals surface area contributed by atoms with E-state index in [0.717, 1.165) is 11.7 Å². The Labute approximate surface area is 84.5 Å². The maximum atomic E-state index is 10.5. The molecule has 0 aliphatic rings. The van der Waals surface area contributed by atoms with Crippen LogP contribution in [0.5, 0.6) is 0 Å². The summed E-state index contributed by atoms with van der Waals surface area (Å²) in [6, 6.07) is 5.24. The van der Waals surface area contributed by atoms with Gasteiger partial charge in [0, 0.05) is 5.39 Å². The van der Waals surface area contributed by atoms with E-state index >= 15 is 0 Å².